The van der Waals surface area contributed by atoms with Gasteiger partial charge in [-0.3, -0.25) is 9.59 Å². The summed E-state index contributed by atoms with van der Waals surface area (Å²) < 4.78 is 4.43. The van der Waals surface area contributed by atoms with Gasteiger partial charge in [-0.15, -0.1) is 0 Å². The number of Topliss-reactive ketones (excluding diaryl/α,β-unsaturated/α-hetero) is 1. The Hall–Kier alpha value is -0.940. The van der Waals surface area contributed by atoms with E-state index in [0.717, 1.165) is 0 Å². The van der Waals surface area contributed by atoms with Crippen LogP contribution in [0.15, 0.2) is 0 Å². The van der Waals surface area contributed by atoms with Gasteiger partial charge in [0.25, 0.3) is 0 Å². The molecular formula is C7H13NO4. The maximum atomic E-state index is 10.9. The van der Waals surface area contributed by atoms with Crippen molar-refractivity contribution >= 4 is 11.8 Å². The molecule has 0 aliphatic rings. The summed E-state index contributed by atoms with van der Waals surface area (Å²) in [7, 11) is 2.63. The van der Waals surface area contributed by atoms with Crippen molar-refractivity contribution in [3.05, 3.63) is 0 Å². The summed E-state index contributed by atoms with van der Waals surface area (Å²) in [4.78, 5) is 26.1. The highest BCUT2D eigenvalue weighted by atomic mass is 16.6. The molecule has 1 unspecified atom stereocenters. The highest BCUT2D eigenvalue weighted by Crippen LogP contribution is 1.95. The van der Waals surface area contributed by atoms with Crippen LogP contribution in [-0.4, -0.2) is 32.0 Å². The Morgan fingerprint density at radius 2 is 2.00 bits per heavy atom. The highest BCUT2D eigenvalue weighted by Gasteiger charge is 2.20. The van der Waals surface area contributed by atoms with Gasteiger partial charge in [0.05, 0.1) is 14.2 Å². The highest BCUT2D eigenvalue weighted by molar-refractivity contribution is 5.84. The Morgan fingerprint density at radius 3 is 2.33 bits per heavy atom. The Morgan fingerprint density at radius 1 is 1.42 bits per heavy atom. The number of methoxy groups -OCH3 is 1. The Kier molecular flexibility index (Phi) is 5.23. The van der Waals surface area contributed by atoms with E-state index in [1.807, 2.05) is 0 Å². The molecular weight excluding hydrogens is 162 g/mol. The Bertz CT molecular complexity index is 169. The van der Waals surface area contributed by atoms with E-state index in [1.54, 1.807) is 0 Å². The summed E-state index contributed by atoms with van der Waals surface area (Å²) >= 11 is 0. The molecule has 1 atom stereocenters. The van der Waals surface area contributed by atoms with Crippen LogP contribution in [0.1, 0.15) is 13.3 Å². The molecule has 0 saturated carbocycles. The van der Waals surface area contributed by atoms with Crippen molar-refractivity contribution in [2.75, 3.05) is 14.2 Å². The zero-order valence-electron chi connectivity index (χ0n) is 7.42. The van der Waals surface area contributed by atoms with Crippen molar-refractivity contribution in [2.24, 2.45) is 0 Å². The summed E-state index contributed by atoms with van der Waals surface area (Å²) in [6.45, 7) is 1.40. The van der Waals surface area contributed by atoms with Gasteiger partial charge in [-0.25, -0.2) is 0 Å². The van der Waals surface area contributed by atoms with Gasteiger partial charge in [-0.05, 0) is 6.92 Å². The number of carbonyl (C=O) groups is 2. The van der Waals surface area contributed by atoms with Crippen molar-refractivity contribution in [1.82, 2.24) is 5.48 Å². The zero-order chi connectivity index (χ0) is 9.56. The maximum Gasteiger partial charge on any atom is 0.325 e. The first kappa shape index (κ1) is 11.1. The Labute approximate surface area is 71.0 Å². The van der Waals surface area contributed by atoms with Crippen LogP contribution in [0.5, 0.6) is 0 Å². The lowest BCUT2D eigenvalue weighted by molar-refractivity contribution is -0.148. The molecule has 0 spiro atoms. The van der Waals surface area contributed by atoms with Crippen LogP contribution in [0.3, 0.4) is 0 Å². The lowest BCUT2D eigenvalue weighted by atomic mass is 10.2. The van der Waals surface area contributed by atoms with Crippen molar-refractivity contribution in [3.8, 4) is 0 Å². The van der Waals surface area contributed by atoms with E-state index >= 15 is 0 Å². The molecule has 0 aliphatic heterocycles. The summed E-state index contributed by atoms with van der Waals surface area (Å²) in [5.74, 6) is -0.609. The second-order valence-electron chi connectivity index (χ2n) is 2.30. The average molecular weight is 175 g/mol. The fraction of sp³-hybridized carbons (Fsp3) is 0.714. The second kappa shape index (κ2) is 5.68. The number of hydrogen-bond acceptors (Lipinski definition) is 5. The minimum atomic E-state index is -0.711. The van der Waals surface area contributed by atoms with Crippen molar-refractivity contribution in [1.29, 1.82) is 0 Å². The molecule has 12 heavy (non-hydrogen) atoms. The fourth-order valence-electron chi connectivity index (χ4n) is 0.745. The van der Waals surface area contributed by atoms with E-state index in [4.69, 9.17) is 0 Å². The van der Waals surface area contributed by atoms with E-state index in [0.29, 0.717) is 0 Å². The van der Waals surface area contributed by atoms with E-state index < -0.39 is 12.0 Å². The summed E-state index contributed by atoms with van der Waals surface area (Å²) in [6.07, 6.45) is 0.0700. The van der Waals surface area contributed by atoms with Gasteiger partial charge in [0.15, 0.2) is 0 Å². The normalized spacial score (nSPS) is 12.2. The molecule has 0 radical (unpaired) electrons. The predicted molar refractivity (Wildman–Crippen MR) is 41.2 cm³/mol. The van der Waals surface area contributed by atoms with Crippen LogP contribution in [-0.2, 0) is 19.2 Å². The number of hydrogen-bond donors (Lipinski definition) is 1. The topological polar surface area (TPSA) is 64.6 Å². The first-order chi connectivity index (χ1) is 5.61. The number of rotatable bonds is 5. The molecule has 0 aliphatic carbocycles. The summed E-state index contributed by atoms with van der Waals surface area (Å²) in [5, 5.41) is 0. The van der Waals surface area contributed by atoms with Crippen molar-refractivity contribution in [3.63, 3.8) is 0 Å². The molecule has 0 aromatic heterocycles. The number of ether oxygens (including phenoxy) is 1. The van der Waals surface area contributed by atoms with Gasteiger partial charge in [0.1, 0.15) is 11.8 Å². The third-order valence-corrected chi connectivity index (χ3v) is 1.24. The second-order valence-corrected chi connectivity index (χ2v) is 2.30. The van der Waals surface area contributed by atoms with Crippen molar-refractivity contribution < 1.29 is 19.2 Å². The number of nitrogens with one attached hydrogen (secondary N) is 1. The van der Waals surface area contributed by atoms with Gasteiger partial charge in [-0.2, -0.15) is 5.48 Å². The van der Waals surface area contributed by atoms with Gasteiger partial charge in [0.2, 0.25) is 0 Å². The monoisotopic (exact) mass is 175 g/mol. The first-order valence-electron chi connectivity index (χ1n) is 3.47. The lowest BCUT2D eigenvalue weighted by Gasteiger charge is -2.12. The van der Waals surface area contributed by atoms with E-state index in [9.17, 15) is 9.59 Å². The average Bonchev–Trinajstić information content (AvgIpc) is 2.01. The van der Waals surface area contributed by atoms with Gasteiger partial charge in [-0.1, -0.05) is 0 Å². The molecule has 0 aromatic carbocycles. The molecule has 0 fully saturated rings. The van der Waals surface area contributed by atoms with Crippen LogP contribution < -0.4 is 5.48 Å². The summed E-state index contributed by atoms with van der Waals surface area (Å²) in [6, 6.07) is -0.711. The standard InChI is InChI=1S/C7H13NO4/c1-5(9)4-6(8-12-3)7(10)11-2/h6,8H,4H2,1-3H3. The third kappa shape index (κ3) is 4.05. The largest absolute Gasteiger partial charge is 0.468 e. The molecule has 70 valence electrons. The van der Waals surface area contributed by atoms with Crippen LogP contribution >= 0.6 is 0 Å². The molecule has 5 heteroatoms. The predicted octanol–water partition coefficient (Wildman–Crippen LogP) is -0.342. The van der Waals surface area contributed by atoms with Crippen LogP contribution in [0.4, 0.5) is 0 Å². The third-order valence-electron chi connectivity index (χ3n) is 1.24. The fourth-order valence-corrected chi connectivity index (χ4v) is 0.745. The molecule has 0 amide bonds. The number of ketones is 1. The SMILES string of the molecule is CONC(CC(C)=O)C(=O)OC. The van der Waals surface area contributed by atoms with Gasteiger partial charge >= 0.3 is 5.97 Å². The molecule has 0 aromatic rings. The summed E-state index contributed by atoms with van der Waals surface area (Å²) in [5.41, 5.74) is 2.37. The molecule has 1 N–H and O–H groups in total. The lowest BCUT2D eigenvalue weighted by Crippen LogP contribution is -2.38. The van der Waals surface area contributed by atoms with E-state index in [2.05, 4.69) is 15.1 Å². The van der Waals surface area contributed by atoms with Crippen LogP contribution in [0, 0.1) is 0 Å². The van der Waals surface area contributed by atoms with E-state index in [-0.39, 0.29) is 12.2 Å². The van der Waals surface area contributed by atoms with E-state index in [1.165, 1.54) is 21.1 Å². The quantitative estimate of drug-likeness (QED) is 0.457. The number of hydroxylamine groups is 1. The molecule has 0 bridgehead atoms. The Balaban J connectivity index is 4.02. The van der Waals surface area contributed by atoms with Gasteiger partial charge < -0.3 is 9.57 Å². The molecule has 0 heterocycles. The molecule has 5 nitrogen and oxygen atoms in total. The minimum absolute atomic E-state index is 0.0700. The molecule has 0 rings (SSSR count). The van der Waals surface area contributed by atoms with Crippen LogP contribution in [0.2, 0.25) is 0 Å². The smallest absolute Gasteiger partial charge is 0.325 e. The van der Waals surface area contributed by atoms with Gasteiger partial charge in [0, 0.05) is 6.42 Å². The zero-order valence-corrected chi connectivity index (χ0v) is 7.42. The first-order valence-corrected chi connectivity index (χ1v) is 3.47. The maximum absolute atomic E-state index is 10.9. The number of carbonyl (C=O) groups excluding carboxylic acids is 2. The number of esters is 1. The minimum Gasteiger partial charge on any atom is -0.468 e. The van der Waals surface area contributed by atoms with Crippen LogP contribution in [0.25, 0.3) is 0 Å². The molecule has 0 saturated heterocycles. The van der Waals surface area contributed by atoms with Crippen molar-refractivity contribution in [2.45, 2.75) is 19.4 Å².